The number of unbranched alkanes of at least 4 members (excludes halogenated alkanes) is 6. The van der Waals surface area contributed by atoms with Crippen molar-refractivity contribution in [3.8, 4) is 0 Å². The van der Waals surface area contributed by atoms with Crippen molar-refractivity contribution in [2.24, 2.45) is 0 Å². The highest BCUT2D eigenvalue weighted by atomic mass is 16.6. The monoisotopic (exact) mass is 314 g/mol. The molecule has 0 aliphatic carbocycles. The van der Waals surface area contributed by atoms with E-state index >= 15 is 0 Å². The predicted molar refractivity (Wildman–Crippen MR) is 88.0 cm³/mol. The maximum atomic E-state index is 10.4. The molecule has 22 heavy (non-hydrogen) atoms. The van der Waals surface area contributed by atoms with Crippen LogP contribution in [0.25, 0.3) is 0 Å². The Morgan fingerprint density at radius 2 is 1.64 bits per heavy atom. The van der Waals surface area contributed by atoms with Gasteiger partial charge in [-0.2, -0.15) is 0 Å². The van der Waals surface area contributed by atoms with Crippen LogP contribution in [0.15, 0.2) is 0 Å². The fraction of sp³-hybridized carbons (Fsp3) is 0.944. The van der Waals surface area contributed by atoms with Crippen molar-refractivity contribution in [3.05, 3.63) is 0 Å². The van der Waals surface area contributed by atoms with Crippen molar-refractivity contribution in [2.45, 2.75) is 109 Å². The number of rotatable bonds is 15. The molecule has 1 aliphatic rings. The lowest BCUT2D eigenvalue weighted by atomic mass is 10.0. The van der Waals surface area contributed by atoms with E-state index in [1.54, 1.807) is 0 Å². The Labute approximate surface area is 135 Å². The molecule has 3 unspecified atom stereocenters. The SMILES string of the molecule is CCCCCC1OC1CCC(O)CCCCCCCC(=O)O. The lowest BCUT2D eigenvalue weighted by Crippen LogP contribution is -2.08. The minimum atomic E-state index is -0.703. The van der Waals surface area contributed by atoms with Gasteiger partial charge in [-0.3, -0.25) is 4.79 Å². The molecule has 1 heterocycles. The highest BCUT2D eigenvalue weighted by molar-refractivity contribution is 5.66. The van der Waals surface area contributed by atoms with Crippen molar-refractivity contribution in [1.29, 1.82) is 0 Å². The Bertz CT molecular complexity index is 293. The van der Waals surface area contributed by atoms with E-state index in [-0.39, 0.29) is 12.5 Å². The predicted octanol–water partition coefficient (Wildman–Crippen LogP) is 4.29. The molecule has 3 atom stereocenters. The Morgan fingerprint density at radius 3 is 2.36 bits per heavy atom. The van der Waals surface area contributed by atoms with Crippen LogP contribution >= 0.6 is 0 Å². The van der Waals surface area contributed by atoms with Gasteiger partial charge in [0.25, 0.3) is 0 Å². The summed E-state index contributed by atoms with van der Waals surface area (Å²) in [5.41, 5.74) is 0. The summed E-state index contributed by atoms with van der Waals surface area (Å²) in [7, 11) is 0. The van der Waals surface area contributed by atoms with Crippen molar-refractivity contribution in [2.75, 3.05) is 0 Å². The standard InChI is InChI=1S/C18H34O4/c1-2-3-7-11-16-17(22-16)14-13-15(19)10-8-5-4-6-9-12-18(20)21/h15-17,19H,2-14H2,1H3,(H,20,21). The molecule has 0 saturated carbocycles. The highest BCUT2D eigenvalue weighted by Gasteiger charge is 2.37. The third-order valence-electron chi connectivity index (χ3n) is 4.49. The zero-order valence-electron chi connectivity index (χ0n) is 14.1. The smallest absolute Gasteiger partial charge is 0.303 e. The molecule has 130 valence electrons. The molecule has 0 radical (unpaired) electrons. The van der Waals surface area contributed by atoms with Crippen LogP contribution in [0.2, 0.25) is 0 Å². The number of hydrogen-bond acceptors (Lipinski definition) is 3. The van der Waals surface area contributed by atoms with E-state index in [1.807, 2.05) is 0 Å². The number of aliphatic hydroxyl groups is 1. The summed E-state index contributed by atoms with van der Waals surface area (Å²) in [5, 5.41) is 18.5. The first-order valence-corrected chi connectivity index (χ1v) is 9.18. The van der Waals surface area contributed by atoms with E-state index < -0.39 is 5.97 Å². The third-order valence-corrected chi connectivity index (χ3v) is 4.49. The second kappa shape index (κ2) is 11.9. The maximum absolute atomic E-state index is 10.4. The fourth-order valence-corrected chi connectivity index (χ4v) is 2.97. The van der Waals surface area contributed by atoms with Crippen LogP contribution < -0.4 is 0 Å². The molecule has 4 heteroatoms. The first-order valence-electron chi connectivity index (χ1n) is 9.18. The summed E-state index contributed by atoms with van der Waals surface area (Å²) < 4.78 is 5.64. The number of carbonyl (C=O) groups is 1. The van der Waals surface area contributed by atoms with Crippen LogP contribution in [-0.4, -0.2) is 34.5 Å². The lowest BCUT2D eigenvalue weighted by molar-refractivity contribution is -0.137. The Kier molecular flexibility index (Phi) is 10.5. The molecule has 1 saturated heterocycles. The fourth-order valence-electron chi connectivity index (χ4n) is 2.97. The van der Waals surface area contributed by atoms with Gasteiger partial charge in [0.2, 0.25) is 0 Å². The van der Waals surface area contributed by atoms with Crippen molar-refractivity contribution < 1.29 is 19.7 Å². The van der Waals surface area contributed by atoms with Crippen molar-refractivity contribution in [1.82, 2.24) is 0 Å². The minimum absolute atomic E-state index is 0.195. The highest BCUT2D eigenvalue weighted by Crippen LogP contribution is 2.31. The number of ether oxygens (including phenoxy) is 1. The quantitative estimate of drug-likeness (QED) is 0.349. The average molecular weight is 314 g/mol. The second-order valence-electron chi connectivity index (χ2n) is 6.64. The number of hydrogen-bond donors (Lipinski definition) is 2. The molecule has 1 rings (SSSR count). The van der Waals surface area contributed by atoms with E-state index in [0.717, 1.165) is 51.4 Å². The summed E-state index contributed by atoms with van der Waals surface area (Å²) in [6, 6.07) is 0. The van der Waals surface area contributed by atoms with Crippen LogP contribution in [0, 0.1) is 0 Å². The summed E-state index contributed by atoms with van der Waals surface area (Å²) in [5.74, 6) is -0.703. The van der Waals surface area contributed by atoms with Crippen LogP contribution in [0.5, 0.6) is 0 Å². The van der Waals surface area contributed by atoms with Gasteiger partial charge in [0.15, 0.2) is 0 Å². The van der Waals surface area contributed by atoms with E-state index in [0.29, 0.717) is 12.2 Å². The van der Waals surface area contributed by atoms with Gasteiger partial charge in [-0.05, 0) is 32.1 Å². The zero-order valence-corrected chi connectivity index (χ0v) is 14.1. The van der Waals surface area contributed by atoms with Gasteiger partial charge in [-0.1, -0.05) is 51.9 Å². The number of aliphatic carboxylic acids is 1. The topological polar surface area (TPSA) is 70.1 Å². The van der Waals surface area contributed by atoms with Gasteiger partial charge in [0.1, 0.15) is 0 Å². The largest absolute Gasteiger partial charge is 0.481 e. The summed E-state index contributed by atoms with van der Waals surface area (Å²) in [6.45, 7) is 2.22. The van der Waals surface area contributed by atoms with Crippen molar-refractivity contribution in [3.63, 3.8) is 0 Å². The summed E-state index contributed by atoms with van der Waals surface area (Å²) >= 11 is 0. The molecule has 0 bridgehead atoms. The lowest BCUT2D eigenvalue weighted by Gasteiger charge is -2.09. The van der Waals surface area contributed by atoms with Crippen LogP contribution in [0.1, 0.15) is 90.4 Å². The number of carboxylic acids is 1. The Balaban J connectivity index is 1.84. The molecular weight excluding hydrogens is 280 g/mol. The molecule has 0 aromatic heterocycles. The molecule has 0 spiro atoms. The second-order valence-corrected chi connectivity index (χ2v) is 6.64. The number of epoxide rings is 1. The molecule has 2 N–H and O–H groups in total. The Hall–Kier alpha value is -0.610. The summed E-state index contributed by atoms with van der Waals surface area (Å²) in [6.07, 6.45) is 13.6. The van der Waals surface area contributed by atoms with E-state index in [4.69, 9.17) is 9.84 Å². The number of carboxylic acid groups (broad SMARTS) is 1. The molecule has 4 nitrogen and oxygen atoms in total. The molecule has 0 aromatic carbocycles. The van der Waals surface area contributed by atoms with Gasteiger partial charge in [-0.15, -0.1) is 0 Å². The Morgan fingerprint density at radius 1 is 0.955 bits per heavy atom. The molecule has 0 aromatic rings. The normalized spacial score (nSPS) is 21.7. The van der Waals surface area contributed by atoms with Crippen molar-refractivity contribution >= 4 is 5.97 Å². The maximum Gasteiger partial charge on any atom is 0.303 e. The van der Waals surface area contributed by atoms with E-state index in [2.05, 4.69) is 6.92 Å². The zero-order chi connectivity index (χ0) is 16.2. The molecule has 1 aliphatic heterocycles. The van der Waals surface area contributed by atoms with E-state index in [1.165, 1.54) is 25.7 Å². The molecular formula is C18H34O4. The van der Waals surface area contributed by atoms with E-state index in [9.17, 15) is 9.90 Å². The van der Waals surface area contributed by atoms with Crippen LogP contribution in [0.3, 0.4) is 0 Å². The minimum Gasteiger partial charge on any atom is -0.481 e. The first kappa shape index (κ1) is 19.4. The van der Waals surface area contributed by atoms with Gasteiger partial charge in [0.05, 0.1) is 18.3 Å². The summed E-state index contributed by atoms with van der Waals surface area (Å²) in [4.78, 5) is 10.4. The van der Waals surface area contributed by atoms with Crippen LogP contribution in [-0.2, 0) is 9.53 Å². The first-order chi connectivity index (χ1) is 10.6. The van der Waals surface area contributed by atoms with Gasteiger partial charge in [0, 0.05) is 6.42 Å². The van der Waals surface area contributed by atoms with Crippen LogP contribution in [0.4, 0.5) is 0 Å². The molecule has 1 fully saturated rings. The average Bonchev–Trinajstić information content (AvgIpc) is 3.22. The molecule has 0 amide bonds. The third kappa shape index (κ3) is 10.2. The van der Waals surface area contributed by atoms with Gasteiger partial charge >= 0.3 is 5.97 Å². The van der Waals surface area contributed by atoms with Gasteiger partial charge in [-0.25, -0.2) is 0 Å². The van der Waals surface area contributed by atoms with Gasteiger partial charge < -0.3 is 14.9 Å². The number of aliphatic hydroxyl groups excluding tert-OH is 1.